The second-order valence-electron chi connectivity index (χ2n) is 15.3. The summed E-state index contributed by atoms with van der Waals surface area (Å²) < 4.78 is 0. The summed E-state index contributed by atoms with van der Waals surface area (Å²) in [5, 5.41) is 1.17. The Labute approximate surface area is 342 Å². The van der Waals surface area contributed by atoms with E-state index in [9.17, 15) is 0 Å². The maximum Gasteiger partial charge on any atom is 0.164 e. The van der Waals surface area contributed by atoms with Crippen molar-refractivity contribution in [2.24, 2.45) is 0 Å². The first-order valence-corrected chi connectivity index (χ1v) is 20.1. The first-order valence-electron chi connectivity index (χ1n) is 20.1. The Morgan fingerprint density at radius 2 is 0.678 bits per heavy atom. The van der Waals surface area contributed by atoms with Crippen LogP contribution in [0.3, 0.4) is 0 Å². The molecule has 274 valence electrons. The third-order valence-electron chi connectivity index (χ3n) is 12.2. The van der Waals surface area contributed by atoms with E-state index in [4.69, 9.17) is 19.9 Å². The fourth-order valence-corrected chi connectivity index (χ4v) is 9.60. The van der Waals surface area contributed by atoms with Crippen molar-refractivity contribution in [1.82, 2.24) is 19.9 Å². The molecule has 0 atom stereocenters. The summed E-state index contributed by atoms with van der Waals surface area (Å²) >= 11 is 0. The van der Waals surface area contributed by atoms with Crippen LogP contribution in [-0.2, 0) is 5.41 Å². The molecule has 2 aliphatic carbocycles. The van der Waals surface area contributed by atoms with E-state index in [2.05, 4.69) is 170 Å². The van der Waals surface area contributed by atoms with Crippen molar-refractivity contribution in [1.29, 1.82) is 0 Å². The summed E-state index contributed by atoms with van der Waals surface area (Å²) in [6.45, 7) is 0. The molecular formula is C55H34N4. The third-order valence-corrected chi connectivity index (χ3v) is 12.2. The number of para-hydroxylation sites is 1. The fourth-order valence-electron chi connectivity index (χ4n) is 9.60. The lowest BCUT2D eigenvalue weighted by molar-refractivity contribution is 0.801. The van der Waals surface area contributed by atoms with Crippen LogP contribution in [-0.4, -0.2) is 19.9 Å². The average molecular weight is 751 g/mol. The van der Waals surface area contributed by atoms with Crippen molar-refractivity contribution in [3.8, 4) is 78.8 Å². The van der Waals surface area contributed by atoms with Crippen LogP contribution in [0, 0.1) is 0 Å². The Hall–Kier alpha value is -7.82. The van der Waals surface area contributed by atoms with Crippen LogP contribution in [0.2, 0.25) is 0 Å². The van der Waals surface area contributed by atoms with Gasteiger partial charge in [0.2, 0.25) is 0 Å². The van der Waals surface area contributed by atoms with Crippen molar-refractivity contribution in [2.45, 2.75) is 5.41 Å². The van der Waals surface area contributed by atoms with Gasteiger partial charge in [-0.3, -0.25) is 0 Å². The number of aromatic nitrogens is 4. The van der Waals surface area contributed by atoms with Gasteiger partial charge < -0.3 is 0 Å². The number of fused-ring (bicyclic) bond motifs is 12. The highest BCUT2D eigenvalue weighted by molar-refractivity contribution is 6.06. The Morgan fingerprint density at radius 1 is 0.288 bits per heavy atom. The summed E-state index contributed by atoms with van der Waals surface area (Å²) in [6.07, 6.45) is 0. The van der Waals surface area contributed by atoms with Crippen LogP contribution in [0.15, 0.2) is 206 Å². The van der Waals surface area contributed by atoms with Gasteiger partial charge in [-0.1, -0.05) is 200 Å². The molecule has 0 radical (unpaired) electrons. The monoisotopic (exact) mass is 750 g/mol. The van der Waals surface area contributed by atoms with Crippen LogP contribution < -0.4 is 0 Å². The van der Waals surface area contributed by atoms with Gasteiger partial charge in [-0.15, -0.1) is 0 Å². The smallest absolute Gasteiger partial charge is 0.164 e. The minimum atomic E-state index is -0.481. The highest BCUT2D eigenvalue weighted by atomic mass is 15.0. The van der Waals surface area contributed by atoms with Gasteiger partial charge in [-0.2, -0.15) is 0 Å². The van der Waals surface area contributed by atoms with Gasteiger partial charge in [0, 0.05) is 33.2 Å². The Morgan fingerprint density at radius 3 is 1.25 bits per heavy atom. The summed E-state index contributed by atoms with van der Waals surface area (Å²) in [7, 11) is 0. The van der Waals surface area contributed by atoms with E-state index in [-0.39, 0.29) is 0 Å². The molecule has 0 saturated carbocycles. The van der Waals surface area contributed by atoms with Gasteiger partial charge >= 0.3 is 0 Å². The quantitative estimate of drug-likeness (QED) is 0.176. The van der Waals surface area contributed by atoms with Crippen LogP contribution >= 0.6 is 0 Å². The first-order chi connectivity index (χ1) is 29.3. The molecule has 59 heavy (non-hydrogen) atoms. The molecule has 0 N–H and O–H groups in total. The molecule has 1 spiro atoms. The Kier molecular flexibility index (Phi) is 7.41. The topological polar surface area (TPSA) is 51.6 Å². The number of hydrogen-bond acceptors (Lipinski definition) is 4. The van der Waals surface area contributed by atoms with Gasteiger partial charge in [0.1, 0.15) is 0 Å². The van der Waals surface area contributed by atoms with Crippen LogP contribution in [0.4, 0.5) is 0 Å². The van der Waals surface area contributed by atoms with Crippen molar-refractivity contribution >= 4 is 10.9 Å². The Bertz CT molecular complexity index is 3200. The van der Waals surface area contributed by atoms with E-state index in [0.29, 0.717) is 17.5 Å². The van der Waals surface area contributed by atoms with Gasteiger partial charge in [0.05, 0.1) is 16.6 Å². The number of nitrogens with zero attached hydrogens (tertiary/aromatic N) is 4. The lowest BCUT2D eigenvalue weighted by Crippen LogP contribution is -2.26. The molecule has 2 aromatic heterocycles. The predicted molar refractivity (Wildman–Crippen MR) is 239 cm³/mol. The number of pyridine rings is 1. The summed E-state index contributed by atoms with van der Waals surface area (Å²) in [5.74, 6) is 1.88. The van der Waals surface area contributed by atoms with Crippen LogP contribution in [0.1, 0.15) is 22.3 Å². The highest BCUT2D eigenvalue weighted by Gasteiger charge is 2.53. The second kappa shape index (κ2) is 13.1. The summed E-state index contributed by atoms with van der Waals surface area (Å²) in [4.78, 5) is 20.6. The largest absolute Gasteiger partial charge is 0.247 e. The molecule has 4 heteroatoms. The van der Waals surface area contributed by atoms with Gasteiger partial charge in [0.25, 0.3) is 0 Å². The van der Waals surface area contributed by atoms with Crippen molar-refractivity contribution < 1.29 is 0 Å². The molecule has 0 bridgehead atoms. The van der Waals surface area contributed by atoms with Crippen LogP contribution in [0.5, 0.6) is 0 Å². The molecule has 12 rings (SSSR count). The molecule has 10 aromatic rings. The zero-order valence-corrected chi connectivity index (χ0v) is 31.9. The van der Waals surface area contributed by atoms with Crippen molar-refractivity contribution in [3.63, 3.8) is 0 Å². The summed E-state index contributed by atoms with van der Waals surface area (Å²) in [5.41, 5.74) is 17.8. The zero-order chi connectivity index (χ0) is 38.9. The average Bonchev–Trinajstić information content (AvgIpc) is 3.80. The molecule has 0 aliphatic heterocycles. The minimum Gasteiger partial charge on any atom is -0.247 e. The molecule has 8 aromatic carbocycles. The number of rotatable bonds is 5. The van der Waals surface area contributed by atoms with Gasteiger partial charge in [0.15, 0.2) is 17.5 Å². The Balaban J connectivity index is 1.03. The maximum absolute atomic E-state index is 5.48. The minimum absolute atomic E-state index is 0.481. The summed E-state index contributed by atoms with van der Waals surface area (Å²) in [6, 6.07) is 73.1. The van der Waals surface area contributed by atoms with Crippen LogP contribution in [0.25, 0.3) is 89.7 Å². The maximum atomic E-state index is 5.48. The standard InChI is InChI=1S/C55H34N4/c1-3-15-35(16-4-1)36-27-31-39(32-28-36)53-57-52(38-17-5-2-6-18-38)58-54(59-53)40-33-29-37(30-34-40)51-49-43-21-9-13-25-47(43)55(50(49)44-22-10-14-26-48(44)56-51)45-23-11-7-19-41(45)42-20-8-12-24-46(42)55/h1-34H. The predicted octanol–water partition coefficient (Wildman–Crippen LogP) is 13.1. The second-order valence-corrected chi connectivity index (χ2v) is 15.3. The fraction of sp³-hybridized carbons (Fsp3) is 0.0182. The van der Waals surface area contributed by atoms with Crippen molar-refractivity contribution in [3.05, 3.63) is 229 Å². The normalized spacial score (nSPS) is 12.9. The molecule has 0 fully saturated rings. The first kappa shape index (κ1) is 33.3. The molecule has 4 nitrogen and oxygen atoms in total. The van der Waals surface area contributed by atoms with E-state index in [1.165, 1.54) is 55.5 Å². The molecular weight excluding hydrogens is 717 g/mol. The number of hydrogen-bond donors (Lipinski definition) is 0. The van der Waals surface area contributed by atoms with Gasteiger partial charge in [-0.25, -0.2) is 19.9 Å². The van der Waals surface area contributed by atoms with E-state index in [1.807, 2.05) is 36.4 Å². The van der Waals surface area contributed by atoms with E-state index in [1.54, 1.807) is 0 Å². The zero-order valence-electron chi connectivity index (χ0n) is 31.9. The highest BCUT2D eigenvalue weighted by Crippen LogP contribution is 2.65. The van der Waals surface area contributed by atoms with E-state index < -0.39 is 5.41 Å². The van der Waals surface area contributed by atoms with Crippen molar-refractivity contribution in [2.75, 3.05) is 0 Å². The molecule has 2 heterocycles. The SMILES string of the molecule is c1ccc(-c2ccc(-c3nc(-c4ccccc4)nc(-c4ccc(-c5nc6ccccc6c6c5-c5ccccc5C65c6ccccc6-c6ccccc65)cc4)n3)cc2)cc1. The molecule has 0 amide bonds. The molecule has 0 saturated heterocycles. The van der Waals surface area contributed by atoms with E-state index >= 15 is 0 Å². The lowest BCUT2D eigenvalue weighted by atomic mass is 9.69. The molecule has 2 aliphatic rings. The third kappa shape index (κ3) is 5.03. The number of benzene rings is 8. The van der Waals surface area contributed by atoms with E-state index in [0.717, 1.165) is 39.0 Å². The van der Waals surface area contributed by atoms with Gasteiger partial charge in [-0.05, 0) is 56.1 Å². The molecule has 0 unspecified atom stereocenters. The lowest BCUT2D eigenvalue weighted by Gasteiger charge is -2.31.